The van der Waals surface area contributed by atoms with E-state index in [1.807, 2.05) is 0 Å². The molecule has 0 heterocycles. The van der Waals surface area contributed by atoms with Crippen LogP contribution in [0, 0.1) is 0 Å². The third kappa shape index (κ3) is 19.4. The topological polar surface area (TPSA) is 61.4 Å². The monoisotopic (exact) mass is 314 g/mol. The smallest absolute Gasteiger partial charge is 0.303 e. The second-order valence-electron chi connectivity index (χ2n) is 6.18. The van der Waals surface area contributed by atoms with Crippen molar-refractivity contribution >= 4 is 5.97 Å². The zero-order valence-electron chi connectivity index (χ0n) is 14.7. The van der Waals surface area contributed by atoms with Gasteiger partial charge in [0.15, 0.2) is 0 Å². The Kier molecular flexibility index (Phi) is 17.9. The zero-order chi connectivity index (χ0) is 16.3. The minimum atomic E-state index is -0.676. The van der Waals surface area contributed by atoms with Gasteiger partial charge in [0.05, 0.1) is 0 Å². The van der Waals surface area contributed by atoms with E-state index in [-0.39, 0.29) is 0 Å². The Morgan fingerprint density at radius 2 is 1.14 bits per heavy atom. The average molecular weight is 315 g/mol. The van der Waals surface area contributed by atoms with E-state index in [0.29, 0.717) is 6.42 Å². The normalized spacial score (nSPS) is 11.0. The van der Waals surface area contributed by atoms with Gasteiger partial charge >= 0.3 is 5.97 Å². The molecule has 4 nitrogen and oxygen atoms in total. The number of carbonyl (C=O) groups is 1. The van der Waals surface area contributed by atoms with E-state index in [1.165, 1.54) is 44.9 Å². The van der Waals surface area contributed by atoms with Gasteiger partial charge in [-0.1, -0.05) is 58.3 Å². The number of aliphatic carboxylic acids is 1. The zero-order valence-corrected chi connectivity index (χ0v) is 14.7. The third-order valence-electron chi connectivity index (χ3n) is 3.93. The van der Waals surface area contributed by atoms with E-state index in [0.717, 1.165) is 51.9 Å². The number of carboxylic acid groups (broad SMARTS) is 1. The standard InChI is InChI=1S/C18H38N2O2/c1-2-3-4-5-6-8-11-14-19-16-17-20-15-12-9-7-10-13-18(21)22/h19-20H,2-17H2,1H3,(H,21,22). The maximum absolute atomic E-state index is 10.3. The molecule has 0 radical (unpaired) electrons. The van der Waals surface area contributed by atoms with Crippen LogP contribution >= 0.6 is 0 Å². The molecular weight excluding hydrogens is 276 g/mol. The highest BCUT2D eigenvalue weighted by atomic mass is 16.4. The highest BCUT2D eigenvalue weighted by Crippen LogP contribution is 2.06. The summed E-state index contributed by atoms with van der Waals surface area (Å²) in [6.45, 7) is 6.54. The maximum atomic E-state index is 10.3. The first-order valence-corrected chi connectivity index (χ1v) is 9.40. The van der Waals surface area contributed by atoms with Crippen molar-refractivity contribution in [2.45, 2.75) is 84.0 Å². The predicted molar refractivity (Wildman–Crippen MR) is 94.5 cm³/mol. The minimum absolute atomic E-state index is 0.315. The first-order valence-electron chi connectivity index (χ1n) is 9.40. The van der Waals surface area contributed by atoms with Crippen LogP contribution in [0.15, 0.2) is 0 Å². The van der Waals surface area contributed by atoms with Gasteiger partial charge in [0.1, 0.15) is 0 Å². The number of hydrogen-bond acceptors (Lipinski definition) is 3. The summed E-state index contributed by atoms with van der Waals surface area (Å²) in [5.41, 5.74) is 0. The molecule has 22 heavy (non-hydrogen) atoms. The molecule has 3 N–H and O–H groups in total. The Balaban J connectivity index is 2.95. The van der Waals surface area contributed by atoms with Crippen molar-refractivity contribution < 1.29 is 9.90 Å². The molecule has 0 atom stereocenters. The molecule has 4 heteroatoms. The second kappa shape index (κ2) is 18.4. The van der Waals surface area contributed by atoms with Crippen molar-refractivity contribution in [3.8, 4) is 0 Å². The molecule has 0 saturated heterocycles. The largest absolute Gasteiger partial charge is 0.481 e. The lowest BCUT2D eigenvalue weighted by Gasteiger charge is -2.06. The van der Waals surface area contributed by atoms with Gasteiger partial charge in [0, 0.05) is 19.5 Å². The number of carboxylic acids is 1. The van der Waals surface area contributed by atoms with Crippen molar-refractivity contribution in [3.63, 3.8) is 0 Å². The van der Waals surface area contributed by atoms with Crippen molar-refractivity contribution in [3.05, 3.63) is 0 Å². The van der Waals surface area contributed by atoms with Gasteiger partial charge in [0.2, 0.25) is 0 Å². The van der Waals surface area contributed by atoms with Crippen LogP contribution in [0.25, 0.3) is 0 Å². The van der Waals surface area contributed by atoms with Crippen LogP contribution in [-0.2, 0) is 4.79 Å². The number of nitrogens with one attached hydrogen (secondary N) is 2. The maximum Gasteiger partial charge on any atom is 0.303 e. The predicted octanol–water partition coefficient (Wildman–Crippen LogP) is 3.95. The lowest BCUT2D eigenvalue weighted by Crippen LogP contribution is -2.28. The van der Waals surface area contributed by atoms with E-state index in [9.17, 15) is 4.79 Å². The van der Waals surface area contributed by atoms with Crippen LogP contribution in [0.2, 0.25) is 0 Å². The molecule has 0 aromatic heterocycles. The summed E-state index contributed by atoms with van der Waals surface area (Å²) < 4.78 is 0. The molecule has 0 unspecified atom stereocenters. The van der Waals surface area contributed by atoms with Gasteiger partial charge in [-0.3, -0.25) is 4.79 Å². The van der Waals surface area contributed by atoms with E-state index in [4.69, 9.17) is 5.11 Å². The van der Waals surface area contributed by atoms with Gasteiger partial charge in [-0.2, -0.15) is 0 Å². The summed E-state index contributed by atoms with van der Waals surface area (Å²) >= 11 is 0. The van der Waals surface area contributed by atoms with E-state index in [2.05, 4.69) is 17.6 Å². The highest BCUT2D eigenvalue weighted by Gasteiger charge is 1.96. The molecule has 132 valence electrons. The summed E-state index contributed by atoms with van der Waals surface area (Å²) in [6, 6.07) is 0. The van der Waals surface area contributed by atoms with Gasteiger partial charge < -0.3 is 15.7 Å². The van der Waals surface area contributed by atoms with Gasteiger partial charge in [0.25, 0.3) is 0 Å². The van der Waals surface area contributed by atoms with Crippen LogP contribution < -0.4 is 10.6 Å². The summed E-state index contributed by atoms with van der Waals surface area (Å²) in [7, 11) is 0. The highest BCUT2D eigenvalue weighted by molar-refractivity contribution is 5.66. The first-order chi connectivity index (χ1) is 10.8. The molecule has 0 amide bonds. The summed E-state index contributed by atoms with van der Waals surface area (Å²) in [5.74, 6) is -0.676. The van der Waals surface area contributed by atoms with Crippen LogP contribution in [0.1, 0.15) is 84.0 Å². The summed E-state index contributed by atoms with van der Waals surface area (Å²) in [4.78, 5) is 10.3. The SMILES string of the molecule is CCCCCCCCCNCCNCCCCCCC(=O)O. The summed E-state index contributed by atoms with van der Waals surface area (Å²) in [5, 5.41) is 15.4. The molecule has 0 bridgehead atoms. The molecule has 0 saturated carbocycles. The quantitative estimate of drug-likeness (QED) is 0.335. The molecular formula is C18H38N2O2. The van der Waals surface area contributed by atoms with Crippen LogP contribution in [0.5, 0.6) is 0 Å². The lowest BCUT2D eigenvalue weighted by molar-refractivity contribution is -0.137. The van der Waals surface area contributed by atoms with Crippen LogP contribution in [-0.4, -0.2) is 37.3 Å². The molecule has 0 aliphatic rings. The number of unbranched alkanes of at least 4 members (excludes halogenated alkanes) is 9. The van der Waals surface area contributed by atoms with Crippen molar-refractivity contribution in [2.75, 3.05) is 26.2 Å². The van der Waals surface area contributed by atoms with E-state index in [1.54, 1.807) is 0 Å². The van der Waals surface area contributed by atoms with Crippen LogP contribution in [0.3, 0.4) is 0 Å². The average Bonchev–Trinajstić information content (AvgIpc) is 2.50. The molecule has 0 aromatic carbocycles. The fourth-order valence-electron chi connectivity index (χ4n) is 2.51. The van der Waals surface area contributed by atoms with Crippen molar-refractivity contribution in [1.29, 1.82) is 0 Å². The Morgan fingerprint density at radius 1 is 0.682 bits per heavy atom. The van der Waals surface area contributed by atoms with Gasteiger partial charge in [-0.15, -0.1) is 0 Å². The van der Waals surface area contributed by atoms with E-state index >= 15 is 0 Å². The lowest BCUT2D eigenvalue weighted by atomic mass is 10.1. The Hall–Kier alpha value is -0.610. The molecule has 0 spiro atoms. The molecule has 0 rings (SSSR count). The van der Waals surface area contributed by atoms with Gasteiger partial charge in [-0.25, -0.2) is 0 Å². The first kappa shape index (κ1) is 21.4. The fourth-order valence-corrected chi connectivity index (χ4v) is 2.51. The molecule has 0 aliphatic heterocycles. The van der Waals surface area contributed by atoms with Crippen LogP contribution in [0.4, 0.5) is 0 Å². The Labute approximate surface area is 137 Å². The van der Waals surface area contributed by atoms with Crippen molar-refractivity contribution in [2.24, 2.45) is 0 Å². The molecule has 0 aliphatic carbocycles. The second-order valence-corrected chi connectivity index (χ2v) is 6.18. The Bertz CT molecular complexity index is 235. The molecule has 0 aromatic rings. The number of rotatable bonds is 18. The number of hydrogen-bond donors (Lipinski definition) is 3. The fraction of sp³-hybridized carbons (Fsp3) is 0.944. The Morgan fingerprint density at radius 3 is 1.64 bits per heavy atom. The van der Waals surface area contributed by atoms with Crippen molar-refractivity contribution in [1.82, 2.24) is 10.6 Å². The van der Waals surface area contributed by atoms with E-state index < -0.39 is 5.97 Å². The third-order valence-corrected chi connectivity index (χ3v) is 3.93. The minimum Gasteiger partial charge on any atom is -0.481 e. The van der Waals surface area contributed by atoms with Gasteiger partial charge in [-0.05, 0) is 32.4 Å². The summed E-state index contributed by atoms with van der Waals surface area (Å²) in [6.07, 6.45) is 14.0. The molecule has 0 fully saturated rings.